The number of fused-ring (bicyclic) bond motifs is 4. The quantitative estimate of drug-likeness (QED) is 0.358. The van der Waals surface area contributed by atoms with E-state index < -0.39 is 28.1 Å². The molecule has 3 N–H and O–H groups in total. The van der Waals surface area contributed by atoms with Crippen LogP contribution in [-0.4, -0.2) is 39.7 Å². The van der Waals surface area contributed by atoms with Crippen molar-refractivity contribution in [2.75, 3.05) is 0 Å². The maximum Gasteiger partial charge on any atom is 0.235 e. The van der Waals surface area contributed by atoms with Gasteiger partial charge in [0.2, 0.25) is 5.91 Å². The molecule has 0 radical (unpaired) electrons. The molecular formula is C32H36N2O4. The zero-order valence-corrected chi connectivity index (χ0v) is 22.5. The van der Waals surface area contributed by atoms with Crippen molar-refractivity contribution in [2.24, 2.45) is 22.7 Å². The van der Waals surface area contributed by atoms with E-state index in [0.29, 0.717) is 24.8 Å². The number of amides is 1. The number of benzene rings is 1. The van der Waals surface area contributed by atoms with E-state index in [0.717, 1.165) is 17.6 Å². The molecule has 6 nitrogen and oxygen atoms in total. The molecule has 1 amide bonds. The predicted molar refractivity (Wildman–Crippen MR) is 146 cm³/mol. The van der Waals surface area contributed by atoms with Crippen LogP contribution in [0.5, 0.6) is 0 Å². The number of para-hydroxylation sites is 1. The zero-order valence-electron chi connectivity index (χ0n) is 22.5. The molecule has 2 aromatic rings. The number of hydrogen-bond donors (Lipinski definition) is 3. The van der Waals surface area contributed by atoms with Gasteiger partial charge in [-0.3, -0.25) is 14.4 Å². The standard InChI is InChI=1S/C32H36N2O4/c1-18-8-7-9-20-14-15-30(3)28-22(21-10-5-6-11-23(21)33-28)17-25-31(30,4)32(20,29(38)34-25)26(36)13-12-24(35)27(37)19(2)16-18/h5-7,9-13,16,18,20,25,27,33,37H,8,14-15,17H2,1-4H3,(H,34,38)/b9-7+,13-12?,19-16+/t18-,20-,25-,27+,30-,31+,32-/m0/s1. The molecular weight excluding hydrogens is 476 g/mol. The normalized spacial score (nSPS) is 41.1. The predicted octanol–water partition coefficient (Wildman–Crippen LogP) is 4.48. The minimum absolute atomic E-state index is 0.100. The Hall–Kier alpha value is -3.25. The van der Waals surface area contributed by atoms with Gasteiger partial charge in [0.1, 0.15) is 11.5 Å². The molecule has 1 spiro atoms. The highest BCUT2D eigenvalue weighted by Crippen LogP contribution is 2.70. The number of hydrogen-bond acceptors (Lipinski definition) is 4. The molecule has 4 aliphatic rings. The Bertz CT molecular complexity index is 1460. The average Bonchev–Trinajstić information content (AvgIpc) is 3.37. The van der Waals surface area contributed by atoms with Gasteiger partial charge in [0.15, 0.2) is 11.6 Å². The topological polar surface area (TPSA) is 99.3 Å². The fourth-order valence-corrected chi connectivity index (χ4v) is 8.41. The summed E-state index contributed by atoms with van der Waals surface area (Å²) in [4.78, 5) is 45.1. The van der Waals surface area contributed by atoms with Crippen molar-refractivity contribution < 1.29 is 19.5 Å². The summed E-state index contributed by atoms with van der Waals surface area (Å²) in [6.07, 6.45) is 10.0. The van der Waals surface area contributed by atoms with Gasteiger partial charge in [-0.15, -0.1) is 0 Å². The summed E-state index contributed by atoms with van der Waals surface area (Å²) in [5.74, 6) is -1.34. The van der Waals surface area contributed by atoms with Gasteiger partial charge < -0.3 is 15.4 Å². The van der Waals surface area contributed by atoms with E-state index in [1.54, 1.807) is 6.92 Å². The minimum atomic E-state index is -1.36. The van der Waals surface area contributed by atoms with Crippen molar-refractivity contribution in [1.29, 1.82) is 0 Å². The van der Waals surface area contributed by atoms with Gasteiger partial charge in [0.25, 0.3) is 0 Å². The highest BCUT2D eigenvalue weighted by molar-refractivity contribution is 6.16. The first kappa shape index (κ1) is 25.1. The smallest absolute Gasteiger partial charge is 0.235 e. The Morgan fingerprint density at radius 1 is 1.08 bits per heavy atom. The largest absolute Gasteiger partial charge is 0.381 e. The van der Waals surface area contributed by atoms with E-state index in [1.807, 2.05) is 25.1 Å². The van der Waals surface area contributed by atoms with Crippen LogP contribution in [-0.2, 0) is 26.2 Å². The van der Waals surface area contributed by atoms with Gasteiger partial charge in [0, 0.05) is 33.5 Å². The molecule has 38 heavy (non-hydrogen) atoms. The van der Waals surface area contributed by atoms with Gasteiger partial charge in [0.05, 0.1) is 0 Å². The summed E-state index contributed by atoms with van der Waals surface area (Å²) >= 11 is 0. The third kappa shape index (κ3) is 3.01. The average molecular weight is 513 g/mol. The minimum Gasteiger partial charge on any atom is -0.381 e. The second-order valence-electron chi connectivity index (χ2n) is 12.3. The summed E-state index contributed by atoms with van der Waals surface area (Å²) in [6.45, 7) is 8.09. The number of aliphatic hydroxyl groups is 1. The molecule has 198 valence electrons. The van der Waals surface area contributed by atoms with Crippen LogP contribution in [0.1, 0.15) is 58.2 Å². The molecule has 2 fully saturated rings. The molecule has 1 aliphatic heterocycles. The molecule has 3 aliphatic carbocycles. The summed E-state index contributed by atoms with van der Waals surface area (Å²) in [7, 11) is 0. The second kappa shape index (κ2) is 8.37. The first-order valence-corrected chi connectivity index (χ1v) is 13.8. The van der Waals surface area contributed by atoms with E-state index in [1.165, 1.54) is 23.1 Å². The van der Waals surface area contributed by atoms with Gasteiger partial charge in [-0.05, 0) is 73.8 Å². The molecule has 1 saturated carbocycles. The number of aromatic amines is 1. The van der Waals surface area contributed by atoms with Gasteiger partial charge in [-0.1, -0.05) is 57.2 Å². The Kier molecular flexibility index (Phi) is 5.52. The van der Waals surface area contributed by atoms with Crippen molar-refractivity contribution in [3.05, 3.63) is 71.5 Å². The van der Waals surface area contributed by atoms with Crippen LogP contribution in [0.3, 0.4) is 0 Å². The zero-order chi connectivity index (χ0) is 27.0. The van der Waals surface area contributed by atoms with E-state index in [9.17, 15) is 19.5 Å². The first-order chi connectivity index (χ1) is 18.1. The number of aromatic nitrogens is 1. The SMILES string of the molecule is C/C1=C\[C@@H](C)C/C=C/[C@H]2CC[C@@]3(C)c4[nH]c5ccccc5c4C[C@@H]4NC(=O)[C@]2(C(=O)C=CC(=O)[C@@H]1O)[C@]43C. The van der Waals surface area contributed by atoms with E-state index >= 15 is 0 Å². The monoisotopic (exact) mass is 512 g/mol. The number of carbonyl (C=O) groups excluding carboxylic acids is 3. The number of carbonyl (C=O) groups is 3. The fourth-order valence-electron chi connectivity index (χ4n) is 8.41. The van der Waals surface area contributed by atoms with Crippen LogP contribution in [0.25, 0.3) is 10.9 Å². The van der Waals surface area contributed by atoms with Crippen LogP contribution >= 0.6 is 0 Å². The number of nitrogens with one attached hydrogen (secondary N) is 2. The number of aliphatic hydroxyl groups excluding tert-OH is 1. The summed E-state index contributed by atoms with van der Waals surface area (Å²) < 4.78 is 0. The van der Waals surface area contributed by atoms with Crippen LogP contribution in [0.4, 0.5) is 0 Å². The van der Waals surface area contributed by atoms with Crippen molar-refractivity contribution in [3.8, 4) is 0 Å². The highest BCUT2D eigenvalue weighted by atomic mass is 16.3. The van der Waals surface area contributed by atoms with Crippen LogP contribution in [0.2, 0.25) is 0 Å². The first-order valence-electron chi connectivity index (χ1n) is 13.8. The second-order valence-corrected chi connectivity index (χ2v) is 12.3. The number of H-pyrrole nitrogens is 1. The lowest BCUT2D eigenvalue weighted by Crippen LogP contribution is -2.66. The molecule has 1 aromatic carbocycles. The summed E-state index contributed by atoms with van der Waals surface area (Å²) in [5, 5.41) is 15.0. The van der Waals surface area contributed by atoms with Crippen molar-refractivity contribution >= 4 is 28.4 Å². The molecule has 0 unspecified atom stereocenters. The highest BCUT2D eigenvalue weighted by Gasteiger charge is 2.77. The van der Waals surface area contributed by atoms with E-state index in [-0.39, 0.29) is 29.6 Å². The molecule has 0 bridgehead atoms. The number of ketones is 2. The lowest BCUT2D eigenvalue weighted by atomic mass is 9.38. The van der Waals surface area contributed by atoms with Crippen molar-refractivity contribution in [3.63, 3.8) is 0 Å². The van der Waals surface area contributed by atoms with Crippen LogP contribution < -0.4 is 5.32 Å². The van der Waals surface area contributed by atoms with Gasteiger partial charge in [-0.25, -0.2) is 0 Å². The Morgan fingerprint density at radius 3 is 2.63 bits per heavy atom. The fraction of sp³-hybridized carbons (Fsp3) is 0.469. The van der Waals surface area contributed by atoms with Crippen molar-refractivity contribution in [2.45, 2.75) is 70.9 Å². The Morgan fingerprint density at radius 2 is 1.84 bits per heavy atom. The maximum atomic E-state index is 14.4. The Labute approximate surface area is 223 Å². The lowest BCUT2D eigenvalue weighted by molar-refractivity contribution is -0.157. The lowest BCUT2D eigenvalue weighted by Gasteiger charge is -2.61. The van der Waals surface area contributed by atoms with Gasteiger partial charge in [-0.2, -0.15) is 0 Å². The van der Waals surface area contributed by atoms with Crippen LogP contribution in [0, 0.1) is 22.7 Å². The van der Waals surface area contributed by atoms with Gasteiger partial charge >= 0.3 is 0 Å². The molecule has 1 aromatic heterocycles. The number of allylic oxidation sites excluding steroid dienone is 4. The van der Waals surface area contributed by atoms with Crippen LogP contribution in [0.15, 0.2) is 60.2 Å². The molecule has 6 heteroatoms. The Balaban J connectivity index is 1.57. The summed E-state index contributed by atoms with van der Waals surface area (Å²) in [5.41, 5.74) is 1.41. The number of rotatable bonds is 0. The van der Waals surface area contributed by atoms with Crippen molar-refractivity contribution in [1.82, 2.24) is 10.3 Å². The summed E-state index contributed by atoms with van der Waals surface area (Å²) in [6, 6.07) is 8.04. The molecule has 6 rings (SSSR count). The molecule has 1 saturated heterocycles. The van der Waals surface area contributed by atoms with E-state index in [4.69, 9.17) is 0 Å². The molecule has 2 heterocycles. The van der Waals surface area contributed by atoms with E-state index in [2.05, 4.69) is 48.4 Å². The third-order valence-electron chi connectivity index (χ3n) is 10.5. The molecule has 7 atom stereocenters. The maximum absolute atomic E-state index is 14.4. The third-order valence-corrected chi connectivity index (χ3v) is 10.5.